The largest absolute Gasteiger partial charge is 0.255 e. The van der Waals surface area contributed by atoms with Crippen molar-refractivity contribution < 1.29 is 0 Å². The number of benzene rings is 1. The highest BCUT2D eigenvalue weighted by Crippen LogP contribution is 2.20. The van der Waals surface area contributed by atoms with E-state index in [-0.39, 0.29) is 5.28 Å². The van der Waals surface area contributed by atoms with Gasteiger partial charge in [0.05, 0.1) is 0 Å². The van der Waals surface area contributed by atoms with E-state index in [9.17, 15) is 0 Å². The van der Waals surface area contributed by atoms with Crippen molar-refractivity contribution in [2.75, 3.05) is 0 Å². The molecule has 0 atom stereocenters. The predicted octanol–water partition coefficient (Wildman–Crippen LogP) is 2.69. The van der Waals surface area contributed by atoms with E-state index in [0.717, 1.165) is 11.1 Å². The average molecular weight is 272 g/mol. The maximum Gasteiger partial charge on any atom is 0.255 e. The minimum atomic E-state index is 0.152. The van der Waals surface area contributed by atoms with E-state index in [0.29, 0.717) is 11.8 Å². The fourth-order valence-electron chi connectivity index (χ4n) is 1.77. The minimum Gasteiger partial charge on any atom is -0.206 e. The quantitative estimate of drug-likeness (QED) is 0.719. The summed E-state index contributed by atoms with van der Waals surface area (Å²) in [5, 5.41) is 4.24. The molecule has 0 bridgehead atoms. The van der Waals surface area contributed by atoms with E-state index in [1.165, 1.54) is 0 Å². The average Bonchev–Trinajstić information content (AvgIpc) is 2.92. The number of hydrogen-bond donors (Lipinski definition) is 0. The Bertz CT molecular complexity index is 709. The molecular weight excluding hydrogens is 262 g/mol. The van der Waals surface area contributed by atoms with Gasteiger partial charge in [0.15, 0.2) is 5.82 Å². The normalized spacial score (nSPS) is 10.6. The van der Waals surface area contributed by atoms with Crippen LogP contribution in [-0.2, 0) is 0 Å². The van der Waals surface area contributed by atoms with Gasteiger partial charge in [0, 0.05) is 18.0 Å². The third kappa shape index (κ3) is 2.32. The Kier molecular flexibility index (Phi) is 2.97. The fraction of sp³-hybridized carbons (Fsp3) is 0.0769. The van der Waals surface area contributed by atoms with Crippen LogP contribution in [0.3, 0.4) is 0 Å². The van der Waals surface area contributed by atoms with Crippen molar-refractivity contribution >= 4 is 11.6 Å². The molecule has 0 aliphatic heterocycles. The zero-order valence-electron chi connectivity index (χ0n) is 10.2. The van der Waals surface area contributed by atoms with Crippen LogP contribution in [0.4, 0.5) is 0 Å². The van der Waals surface area contributed by atoms with Gasteiger partial charge in [-0.15, -0.1) is 0 Å². The Morgan fingerprint density at radius 1 is 1.05 bits per heavy atom. The SMILES string of the molecule is Cc1ccccc1-c1nc(Cl)nc(-n2cccn2)n1. The monoisotopic (exact) mass is 271 g/mol. The summed E-state index contributed by atoms with van der Waals surface area (Å²) in [7, 11) is 0. The standard InChI is InChI=1S/C13H10ClN5/c1-9-5-2-3-6-10(9)11-16-12(14)18-13(17-11)19-8-4-7-15-19/h2-8H,1H3. The Balaban J connectivity index is 2.16. The summed E-state index contributed by atoms with van der Waals surface area (Å²) in [5.41, 5.74) is 2.01. The van der Waals surface area contributed by atoms with E-state index in [4.69, 9.17) is 11.6 Å². The second kappa shape index (κ2) is 4.78. The first-order valence-corrected chi connectivity index (χ1v) is 6.09. The number of hydrogen-bond acceptors (Lipinski definition) is 4. The molecule has 0 aliphatic carbocycles. The lowest BCUT2D eigenvalue weighted by molar-refractivity contribution is 0.797. The molecule has 3 aromatic rings. The summed E-state index contributed by atoms with van der Waals surface area (Å²) in [6.45, 7) is 2.00. The number of aryl methyl sites for hydroxylation is 1. The molecule has 94 valence electrons. The van der Waals surface area contributed by atoms with Crippen LogP contribution >= 0.6 is 11.6 Å². The Hall–Kier alpha value is -2.27. The Labute approximate surface area is 114 Å². The van der Waals surface area contributed by atoms with E-state index in [1.807, 2.05) is 31.2 Å². The highest BCUT2D eigenvalue weighted by molar-refractivity contribution is 6.28. The van der Waals surface area contributed by atoms with Gasteiger partial charge in [-0.3, -0.25) is 0 Å². The lowest BCUT2D eigenvalue weighted by Gasteiger charge is -2.06. The molecule has 0 amide bonds. The van der Waals surface area contributed by atoms with Crippen LogP contribution < -0.4 is 0 Å². The van der Waals surface area contributed by atoms with Crippen molar-refractivity contribution in [2.24, 2.45) is 0 Å². The summed E-state index contributed by atoms with van der Waals surface area (Å²) in [6.07, 6.45) is 3.42. The molecule has 0 spiro atoms. The summed E-state index contributed by atoms with van der Waals surface area (Å²) in [6, 6.07) is 9.66. The topological polar surface area (TPSA) is 56.5 Å². The molecule has 0 saturated carbocycles. The van der Waals surface area contributed by atoms with Gasteiger partial charge in [-0.05, 0) is 30.2 Å². The van der Waals surface area contributed by atoms with Gasteiger partial charge in [-0.2, -0.15) is 20.1 Å². The van der Waals surface area contributed by atoms with Crippen LogP contribution in [0.1, 0.15) is 5.56 Å². The fourth-order valence-corrected chi connectivity index (χ4v) is 1.93. The maximum absolute atomic E-state index is 5.97. The van der Waals surface area contributed by atoms with E-state index in [2.05, 4.69) is 20.1 Å². The molecule has 3 rings (SSSR count). The van der Waals surface area contributed by atoms with Crippen molar-refractivity contribution in [2.45, 2.75) is 6.92 Å². The number of aromatic nitrogens is 5. The molecule has 0 unspecified atom stereocenters. The number of rotatable bonds is 2. The van der Waals surface area contributed by atoms with Crippen molar-refractivity contribution in [3.05, 3.63) is 53.6 Å². The summed E-state index contributed by atoms with van der Waals surface area (Å²) in [4.78, 5) is 12.7. The maximum atomic E-state index is 5.97. The lowest BCUT2D eigenvalue weighted by atomic mass is 10.1. The third-order valence-corrected chi connectivity index (χ3v) is 2.86. The third-order valence-electron chi connectivity index (χ3n) is 2.69. The first-order chi connectivity index (χ1) is 9.24. The van der Waals surface area contributed by atoms with E-state index >= 15 is 0 Å². The first kappa shape index (κ1) is 11.8. The van der Waals surface area contributed by atoms with Gasteiger partial charge in [0.1, 0.15) is 0 Å². The van der Waals surface area contributed by atoms with Gasteiger partial charge < -0.3 is 0 Å². The zero-order chi connectivity index (χ0) is 13.2. The first-order valence-electron chi connectivity index (χ1n) is 5.71. The van der Waals surface area contributed by atoms with Gasteiger partial charge in [-0.1, -0.05) is 24.3 Å². The van der Waals surface area contributed by atoms with Gasteiger partial charge in [-0.25, -0.2) is 4.68 Å². The molecule has 2 aromatic heterocycles. The van der Waals surface area contributed by atoms with Crippen LogP contribution in [0.15, 0.2) is 42.7 Å². The Morgan fingerprint density at radius 3 is 2.63 bits per heavy atom. The van der Waals surface area contributed by atoms with Gasteiger partial charge in [0.2, 0.25) is 5.28 Å². The van der Waals surface area contributed by atoms with Crippen LogP contribution in [0, 0.1) is 6.92 Å². The zero-order valence-corrected chi connectivity index (χ0v) is 10.9. The highest BCUT2D eigenvalue weighted by Gasteiger charge is 2.10. The molecule has 0 radical (unpaired) electrons. The Morgan fingerprint density at radius 2 is 1.89 bits per heavy atom. The molecule has 0 N–H and O–H groups in total. The van der Waals surface area contributed by atoms with E-state index < -0.39 is 0 Å². The second-order valence-electron chi connectivity index (χ2n) is 3.99. The van der Waals surface area contributed by atoms with Gasteiger partial charge in [0.25, 0.3) is 5.95 Å². The molecule has 2 heterocycles. The van der Waals surface area contributed by atoms with Crippen LogP contribution in [0.5, 0.6) is 0 Å². The number of halogens is 1. The van der Waals surface area contributed by atoms with Crippen molar-refractivity contribution in [1.29, 1.82) is 0 Å². The molecule has 1 aromatic carbocycles. The van der Waals surface area contributed by atoms with Crippen molar-refractivity contribution in [1.82, 2.24) is 24.7 Å². The molecule has 19 heavy (non-hydrogen) atoms. The second-order valence-corrected chi connectivity index (χ2v) is 4.33. The highest BCUT2D eigenvalue weighted by atomic mass is 35.5. The van der Waals surface area contributed by atoms with Crippen LogP contribution in [-0.4, -0.2) is 24.7 Å². The summed E-state index contributed by atoms with van der Waals surface area (Å²) < 4.78 is 1.55. The smallest absolute Gasteiger partial charge is 0.206 e. The molecular formula is C13H10ClN5. The molecule has 5 nitrogen and oxygen atoms in total. The molecule has 6 heteroatoms. The van der Waals surface area contributed by atoms with Crippen LogP contribution in [0.25, 0.3) is 17.3 Å². The summed E-state index contributed by atoms with van der Waals surface area (Å²) >= 11 is 5.97. The molecule has 0 fully saturated rings. The molecule has 0 saturated heterocycles. The van der Waals surface area contributed by atoms with E-state index in [1.54, 1.807) is 23.1 Å². The van der Waals surface area contributed by atoms with Crippen molar-refractivity contribution in [3.8, 4) is 17.3 Å². The summed E-state index contributed by atoms with van der Waals surface area (Å²) in [5.74, 6) is 0.951. The van der Waals surface area contributed by atoms with Crippen molar-refractivity contribution in [3.63, 3.8) is 0 Å². The molecule has 0 aliphatic rings. The lowest BCUT2D eigenvalue weighted by Crippen LogP contribution is -2.05. The predicted molar refractivity (Wildman–Crippen MR) is 72.1 cm³/mol. The van der Waals surface area contributed by atoms with Crippen LogP contribution in [0.2, 0.25) is 5.28 Å². The number of nitrogens with zero attached hydrogens (tertiary/aromatic N) is 5. The van der Waals surface area contributed by atoms with Gasteiger partial charge >= 0.3 is 0 Å². The minimum absolute atomic E-state index is 0.152.